The van der Waals surface area contributed by atoms with Gasteiger partial charge in [-0.3, -0.25) is 57.7 Å². The molecule has 0 saturated carbocycles. The Labute approximate surface area is 515 Å². The van der Waals surface area contributed by atoms with Crippen molar-refractivity contribution in [2.45, 2.75) is 129 Å². The molecule has 5 aromatic rings. The number of amides is 10. The molecule has 0 radical (unpaired) electrons. The summed E-state index contributed by atoms with van der Waals surface area (Å²) in [5, 5.41) is 17.5. The highest BCUT2D eigenvalue weighted by atomic mass is 16.2. The smallest absolute Gasteiger partial charge is 0.260 e. The second kappa shape index (κ2) is 29.7. The van der Waals surface area contributed by atoms with Crippen molar-refractivity contribution in [1.82, 2.24) is 51.5 Å². The summed E-state index contributed by atoms with van der Waals surface area (Å²) in [6.45, 7) is 13.7. The Bertz CT molecular complexity index is 3060. The number of nitrogens with one attached hydrogen (secondary N) is 6. The van der Waals surface area contributed by atoms with Gasteiger partial charge in [0.15, 0.2) is 0 Å². The third-order valence-corrected chi connectivity index (χ3v) is 16.3. The van der Waals surface area contributed by atoms with Crippen molar-refractivity contribution >= 4 is 59.1 Å². The molecule has 2 aliphatic rings. The first kappa shape index (κ1) is 66.6. The number of rotatable bonds is 22. The van der Waals surface area contributed by atoms with Crippen molar-refractivity contribution < 1.29 is 47.9 Å². The Kier molecular flexibility index (Phi) is 22.5. The molecule has 20 heteroatoms. The minimum absolute atomic E-state index is 0.0154. The molecule has 88 heavy (non-hydrogen) atoms. The number of carbonyl (C=O) groups is 10. The third kappa shape index (κ3) is 16.8. The fourth-order valence-corrected chi connectivity index (χ4v) is 10.8. The zero-order valence-electron chi connectivity index (χ0n) is 52.0. The van der Waals surface area contributed by atoms with E-state index >= 15 is 9.59 Å². The summed E-state index contributed by atoms with van der Waals surface area (Å²) < 4.78 is 0. The van der Waals surface area contributed by atoms with E-state index in [9.17, 15) is 38.4 Å². The predicted octanol–water partition coefficient (Wildman–Crippen LogP) is 5.19. The van der Waals surface area contributed by atoms with E-state index in [-0.39, 0.29) is 61.3 Å². The van der Waals surface area contributed by atoms with E-state index in [1.165, 1.54) is 34.1 Å². The van der Waals surface area contributed by atoms with E-state index in [1.54, 1.807) is 130 Å². The fourth-order valence-electron chi connectivity index (χ4n) is 10.8. The lowest BCUT2D eigenvalue weighted by atomic mass is 9.85. The van der Waals surface area contributed by atoms with Crippen LogP contribution in [0.3, 0.4) is 0 Å². The van der Waals surface area contributed by atoms with Crippen molar-refractivity contribution in [3.63, 3.8) is 0 Å². The van der Waals surface area contributed by atoms with E-state index in [0.29, 0.717) is 12.8 Å². The number of imide groups is 2. The minimum Gasteiger partial charge on any atom is -0.347 e. The van der Waals surface area contributed by atoms with Gasteiger partial charge in [0.25, 0.3) is 35.4 Å². The van der Waals surface area contributed by atoms with E-state index < -0.39 is 118 Å². The predicted molar refractivity (Wildman–Crippen MR) is 334 cm³/mol. The lowest BCUT2D eigenvalue weighted by Crippen LogP contribution is -2.60. The van der Waals surface area contributed by atoms with E-state index in [1.807, 2.05) is 60.7 Å². The molecule has 7 rings (SSSR count). The monoisotopic (exact) mass is 1200 g/mol. The molecule has 0 bridgehead atoms. The largest absolute Gasteiger partial charge is 0.347 e. The highest BCUT2D eigenvalue weighted by Gasteiger charge is 2.49. The van der Waals surface area contributed by atoms with Gasteiger partial charge in [-0.1, -0.05) is 139 Å². The maximum atomic E-state index is 15.1. The Morgan fingerprint density at radius 3 is 1.06 bits per heavy atom. The van der Waals surface area contributed by atoms with Gasteiger partial charge in [0, 0.05) is 60.5 Å². The van der Waals surface area contributed by atoms with Gasteiger partial charge in [0.05, 0.1) is 12.1 Å². The van der Waals surface area contributed by atoms with Gasteiger partial charge in [-0.05, 0) is 124 Å². The molecule has 0 unspecified atom stereocenters. The number of likely N-dealkylation sites (tertiary alicyclic amines) is 2. The first-order valence-corrected chi connectivity index (χ1v) is 30.0. The average molecular weight is 1200 g/mol. The lowest BCUT2D eigenvalue weighted by Gasteiger charge is -2.36. The SMILES string of the molecule is CN[C@@H](C)C(=O)N[C@H](C(=O)N1C[C@@H](NC(=O)c2ccc(C(=O)N[C@H]3C[C@@H](C(=O)N(CCc4ccccc4)C(=O)c4ccccc4)N(C(=O)[C@@H](NC(=O)[C@H](C)NC)C(C)(C)C)C3)cc2)C[C@H]1C(=O)N(CCc1ccccc1)C(=O)c1ccccc1)C(C)(C)C. The van der Waals surface area contributed by atoms with Crippen molar-refractivity contribution in [3.8, 4) is 0 Å². The van der Waals surface area contributed by atoms with Gasteiger partial charge in [-0.2, -0.15) is 0 Å². The lowest BCUT2D eigenvalue weighted by molar-refractivity contribution is -0.146. The molecule has 20 nitrogen and oxygen atoms in total. The Morgan fingerprint density at radius 1 is 0.455 bits per heavy atom. The maximum Gasteiger partial charge on any atom is 0.260 e. The summed E-state index contributed by atoms with van der Waals surface area (Å²) >= 11 is 0. The summed E-state index contributed by atoms with van der Waals surface area (Å²) in [5.41, 5.74) is 0.863. The van der Waals surface area contributed by atoms with Gasteiger partial charge in [-0.15, -0.1) is 0 Å². The van der Waals surface area contributed by atoms with Crippen molar-refractivity contribution in [2.24, 2.45) is 10.8 Å². The molecule has 466 valence electrons. The second-order valence-electron chi connectivity index (χ2n) is 24.8. The fraction of sp³-hybridized carbons (Fsp3) is 0.412. The van der Waals surface area contributed by atoms with Crippen LogP contribution in [0.2, 0.25) is 0 Å². The van der Waals surface area contributed by atoms with Crippen LogP contribution in [0.25, 0.3) is 0 Å². The summed E-state index contributed by atoms with van der Waals surface area (Å²) in [5.74, 6) is -5.63. The topological polar surface area (TPSA) is 256 Å². The summed E-state index contributed by atoms with van der Waals surface area (Å²) in [7, 11) is 3.24. The third-order valence-electron chi connectivity index (χ3n) is 16.3. The molecular formula is C68H84N10O10. The van der Waals surface area contributed by atoms with Crippen molar-refractivity contribution in [1.29, 1.82) is 0 Å². The van der Waals surface area contributed by atoms with Gasteiger partial charge in [-0.25, -0.2) is 0 Å². The number of hydrogen-bond acceptors (Lipinski definition) is 12. The molecule has 0 aliphatic carbocycles. The van der Waals surface area contributed by atoms with E-state index in [0.717, 1.165) is 20.9 Å². The molecule has 8 atom stereocenters. The molecule has 10 amide bonds. The second-order valence-corrected chi connectivity index (χ2v) is 24.8. The molecule has 0 aromatic heterocycles. The number of hydrogen-bond donors (Lipinski definition) is 6. The van der Waals surface area contributed by atoms with Crippen LogP contribution in [0.15, 0.2) is 146 Å². The zero-order chi connectivity index (χ0) is 64.0. The molecule has 2 aliphatic heterocycles. The van der Waals surface area contributed by atoms with Crippen molar-refractivity contribution in [2.75, 3.05) is 40.3 Å². The molecule has 2 fully saturated rings. The quantitative estimate of drug-likeness (QED) is 0.0490. The molecule has 5 aromatic carbocycles. The number of carbonyl (C=O) groups excluding carboxylic acids is 10. The number of benzene rings is 5. The van der Waals surface area contributed by atoms with Crippen LogP contribution in [0.4, 0.5) is 0 Å². The van der Waals surface area contributed by atoms with E-state index in [2.05, 4.69) is 31.9 Å². The molecule has 6 N–H and O–H groups in total. The highest BCUT2D eigenvalue weighted by Crippen LogP contribution is 2.31. The number of likely N-dealkylation sites (N-methyl/N-ethyl adjacent to an activating group) is 2. The van der Waals surface area contributed by atoms with Crippen LogP contribution in [-0.4, -0.2) is 167 Å². The van der Waals surface area contributed by atoms with Gasteiger partial charge >= 0.3 is 0 Å². The van der Waals surface area contributed by atoms with E-state index in [4.69, 9.17) is 0 Å². The van der Waals surface area contributed by atoms with Crippen LogP contribution < -0.4 is 31.9 Å². The first-order valence-electron chi connectivity index (χ1n) is 30.0. The minimum atomic E-state index is -1.24. The van der Waals surface area contributed by atoms with Crippen LogP contribution >= 0.6 is 0 Å². The standard InChI is InChI=1S/C68H84N10O10/c1-43(69-9)57(79)73-55(67(3,4)5)65(87)77-41-51(39-53(77)63(85)75(37-35-45-23-15-11-16-24-45)61(83)49-27-19-13-20-28-49)71-59(81)47-31-33-48(34-32-47)60(82)72-52-40-54(78(42-52)66(88)56(68(6,7)8)74-58(80)44(2)70-10)64(86)76(38-36-46-25-17-12-18-26-46)62(84)50-29-21-14-22-30-50/h11-34,43-44,51-56,69-70H,35-42H2,1-10H3,(H,71,81)(H,72,82)(H,73,79)(H,74,80)/t43-,44-,51-,52-,53-,54-,55+,56+/m0/s1. The normalized spacial score (nSPS) is 18.0. The summed E-state index contributed by atoms with van der Waals surface area (Å²) in [6.07, 6.45) is 0.490. The van der Waals surface area contributed by atoms with Gasteiger partial charge < -0.3 is 41.7 Å². The van der Waals surface area contributed by atoms with Crippen LogP contribution in [0, 0.1) is 10.8 Å². The molecule has 2 heterocycles. The molecule has 0 spiro atoms. The number of nitrogens with zero attached hydrogens (tertiary/aromatic N) is 4. The first-order chi connectivity index (χ1) is 41.8. The Balaban J connectivity index is 1.13. The van der Waals surface area contributed by atoms with Crippen molar-refractivity contribution in [3.05, 3.63) is 179 Å². The Hall–Kier alpha value is -8.88. The summed E-state index contributed by atoms with van der Waals surface area (Å²) in [4.78, 5) is 149. The molecule has 2 saturated heterocycles. The average Bonchev–Trinajstić information content (AvgIpc) is 4.26. The molecular weight excluding hydrogens is 1120 g/mol. The zero-order valence-corrected chi connectivity index (χ0v) is 52.0. The van der Waals surface area contributed by atoms with Gasteiger partial charge in [0.1, 0.15) is 24.2 Å². The summed E-state index contributed by atoms with van der Waals surface area (Å²) in [6, 6.07) is 33.6. The highest BCUT2D eigenvalue weighted by molar-refractivity contribution is 6.09. The van der Waals surface area contributed by atoms with Gasteiger partial charge in [0.2, 0.25) is 23.6 Å². The maximum absolute atomic E-state index is 15.1. The Morgan fingerprint density at radius 2 is 0.761 bits per heavy atom. The van der Waals surface area contributed by atoms with Crippen LogP contribution in [0.5, 0.6) is 0 Å². The van der Waals surface area contributed by atoms with Crippen LogP contribution in [-0.2, 0) is 41.6 Å². The van der Waals surface area contributed by atoms with Crippen LogP contribution in [0.1, 0.15) is 121 Å².